The molecule has 38 heavy (non-hydrogen) atoms. The van der Waals surface area contributed by atoms with Crippen molar-refractivity contribution in [2.24, 2.45) is 10.2 Å². The molecule has 0 radical (unpaired) electrons. The van der Waals surface area contributed by atoms with Crippen molar-refractivity contribution in [3.63, 3.8) is 0 Å². The van der Waals surface area contributed by atoms with Gasteiger partial charge in [-0.25, -0.2) is 0 Å². The average molecular weight is 582 g/mol. The van der Waals surface area contributed by atoms with E-state index >= 15 is 0 Å². The molecule has 0 aliphatic rings. The van der Waals surface area contributed by atoms with Gasteiger partial charge in [-0.1, -0.05) is 65.3 Å². The SMILES string of the molecule is COc1c(Cl)cccc1NC(=O)c1cc2ccccc2c(N=Nc2c(C)ccc(Cl)c2S(=O)(=O)O)c1[O-].[Na+]. The summed E-state index contributed by atoms with van der Waals surface area (Å²) in [5.41, 5.74) is -0.103. The van der Waals surface area contributed by atoms with Crippen LogP contribution in [0.3, 0.4) is 0 Å². The maximum atomic E-state index is 13.4. The first kappa shape index (κ1) is 29.9. The van der Waals surface area contributed by atoms with E-state index in [0.29, 0.717) is 16.3 Å². The van der Waals surface area contributed by atoms with Crippen molar-refractivity contribution < 1.29 is 57.2 Å². The number of hydrogen-bond donors (Lipinski definition) is 2. The summed E-state index contributed by atoms with van der Waals surface area (Å²) in [6.45, 7) is 1.54. The Morgan fingerprint density at radius 2 is 1.68 bits per heavy atom. The number of para-hydroxylation sites is 1. The van der Waals surface area contributed by atoms with Crippen molar-refractivity contribution >= 4 is 67.1 Å². The predicted octanol–water partition coefficient (Wildman–Crippen LogP) is 3.46. The number of halogens is 2. The number of hydrogen-bond acceptors (Lipinski definition) is 7. The van der Waals surface area contributed by atoms with Gasteiger partial charge in [0.1, 0.15) is 10.6 Å². The number of azo groups is 1. The van der Waals surface area contributed by atoms with Gasteiger partial charge in [0.2, 0.25) is 0 Å². The van der Waals surface area contributed by atoms with Crippen molar-refractivity contribution in [1.29, 1.82) is 0 Å². The number of nitrogens with one attached hydrogen (secondary N) is 1. The summed E-state index contributed by atoms with van der Waals surface area (Å²) in [5.74, 6) is -1.28. The largest absolute Gasteiger partial charge is 1.00 e. The number of amides is 1. The molecule has 0 aliphatic carbocycles. The molecule has 0 unspecified atom stereocenters. The molecule has 0 aliphatic heterocycles. The second kappa shape index (κ2) is 12.0. The van der Waals surface area contributed by atoms with E-state index in [9.17, 15) is 22.9 Å². The number of methoxy groups -OCH3 is 1. The van der Waals surface area contributed by atoms with Gasteiger partial charge in [-0.3, -0.25) is 9.35 Å². The van der Waals surface area contributed by atoms with E-state index in [2.05, 4.69) is 15.5 Å². The molecule has 13 heteroatoms. The van der Waals surface area contributed by atoms with Gasteiger partial charge in [-0.05, 0) is 42.1 Å². The average Bonchev–Trinajstić information content (AvgIpc) is 2.84. The van der Waals surface area contributed by atoms with Crippen molar-refractivity contribution in [1.82, 2.24) is 0 Å². The molecular weight excluding hydrogens is 564 g/mol. The molecule has 0 saturated heterocycles. The molecule has 2 N–H and O–H groups in total. The zero-order chi connectivity index (χ0) is 26.9. The molecule has 1 amide bonds. The summed E-state index contributed by atoms with van der Waals surface area (Å²) in [4.78, 5) is 12.5. The maximum absolute atomic E-state index is 13.4. The third-order valence-corrected chi connectivity index (χ3v) is 7.09. The Morgan fingerprint density at radius 3 is 2.37 bits per heavy atom. The van der Waals surface area contributed by atoms with Crippen LogP contribution in [0.25, 0.3) is 10.8 Å². The Hall–Kier alpha value is -2.70. The maximum Gasteiger partial charge on any atom is 1.00 e. The first-order valence-electron chi connectivity index (χ1n) is 10.6. The minimum absolute atomic E-state index is 0. The minimum Gasteiger partial charge on any atom is -0.870 e. The van der Waals surface area contributed by atoms with Gasteiger partial charge in [0, 0.05) is 10.9 Å². The monoisotopic (exact) mass is 581 g/mol. The van der Waals surface area contributed by atoms with Gasteiger partial charge in [-0.2, -0.15) is 13.5 Å². The van der Waals surface area contributed by atoms with Crippen LogP contribution in [0, 0.1) is 6.92 Å². The summed E-state index contributed by atoms with van der Waals surface area (Å²) < 4.78 is 38.8. The number of aryl methyl sites for hydroxylation is 1. The van der Waals surface area contributed by atoms with E-state index in [1.807, 2.05) is 0 Å². The normalized spacial score (nSPS) is 11.4. The fourth-order valence-corrected chi connectivity index (χ4v) is 5.15. The van der Waals surface area contributed by atoms with E-state index in [1.165, 1.54) is 32.2 Å². The second-order valence-electron chi connectivity index (χ2n) is 7.81. The van der Waals surface area contributed by atoms with Crippen LogP contribution in [0.1, 0.15) is 15.9 Å². The van der Waals surface area contributed by atoms with E-state index in [4.69, 9.17) is 27.9 Å². The summed E-state index contributed by atoms with van der Waals surface area (Å²) >= 11 is 12.1. The van der Waals surface area contributed by atoms with Gasteiger partial charge in [0.15, 0.2) is 5.75 Å². The van der Waals surface area contributed by atoms with E-state index < -0.39 is 26.7 Å². The summed E-state index contributed by atoms with van der Waals surface area (Å²) in [7, 11) is -3.37. The van der Waals surface area contributed by atoms with Gasteiger partial charge < -0.3 is 15.2 Å². The Balaban J connectivity index is 0.00000400. The zero-order valence-electron chi connectivity index (χ0n) is 20.3. The number of fused-ring (bicyclic) bond motifs is 1. The molecule has 0 heterocycles. The van der Waals surface area contributed by atoms with E-state index in [0.717, 1.165) is 0 Å². The molecule has 0 atom stereocenters. The van der Waals surface area contributed by atoms with Crippen molar-refractivity contribution in [2.75, 3.05) is 12.4 Å². The van der Waals surface area contributed by atoms with Gasteiger partial charge in [0.25, 0.3) is 16.0 Å². The molecule has 4 rings (SSSR count). The van der Waals surface area contributed by atoms with Crippen LogP contribution in [0.4, 0.5) is 17.1 Å². The third-order valence-electron chi connectivity index (χ3n) is 5.43. The number of anilines is 1. The molecule has 0 bridgehead atoms. The van der Waals surface area contributed by atoms with Crippen LogP contribution >= 0.6 is 23.2 Å². The van der Waals surface area contributed by atoms with Crippen LogP contribution in [0.5, 0.6) is 11.5 Å². The van der Waals surface area contributed by atoms with E-state index in [1.54, 1.807) is 42.5 Å². The van der Waals surface area contributed by atoms with Crippen molar-refractivity contribution in [3.05, 3.63) is 81.8 Å². The van der Waals surface area contributed by atoms with Crippen LogP contribution in [-0.2, 0) is 10.1 Å². The van der Waals surface area contributed by atoms with Crippen molar-refractivity contribution in [2.45, 2.75) is 11.8 Å². The Kier molecular flexibility index (Phi) is 9.43. The van der Waals surface area contributed by atoms with Crippen LogP contribution in [0.2, 0.25) is 10.0 Å². The van der Waals surface area contributed by atoms with E-state index in [-0.39, 0.29) is 68.0 Å². The van der Waals surface area contributed by atoms with Crippen molar-refractivity contribution in [3.8, 4) is 11.5 Å². The smallest absolute Gasteiger partial charge is 0.870 e. The molecule has 4 aromatic rings. The minimum atomic E-state index is -4.76. The number of carbonyl (C=O) groups is 1. The fraction of sp³-hybridized carbons (Fsp3) is 0.0800. The third kappa shape index (κ3) is 5.97. The van der Waals surface area contributed by atoms with Gasteiger partial charge >= 0.3 is 29.6 Å². The molecule has 0 spiro atoms. The number of nitrogens with zero attached hydrogens (tertiary/aromatic N) is 2. The summed E-state index contributed by atoms with van der Waals surface area (Å²) in [6.07, 6.45) is 0. The quantitative estimate of drug-likeness (QED) is 0.203. The molecule has 4 aromatic carbocycles. The zero-order valence-corrected chi connectivity index (χ0v) is 24.6. The van der Waals surface area contributed by atoms with Crippen LogP contribution < -0.4 is 44.7 Å². The summed E-state index contributed by atoms with van der Waals surface area (Å²) in [5, 5.41) is 24.9. The molecule has 0 aromatic heterocycles. The first-order chi connectivity index (χ1) is 17.5. The fourth-order valence-electron chi connectivity index (χ4n) is 3.70. The van der Waals surface area contributed by atoms with Gasteiger partial charge in [0.05, 0.1) is 28.5 Å². The standard InChI is InChI=1S/C25H19Cl2N3O6S.Na/c1-13-10-11-18(27)24(37(33,34)35)20(13)29-30-21-15-7-4-3-6-14(15)12-16(22(21)31)25(32)28-19-9-5-8-17(26)23(19)36-2;/h3-12,31H,1-2H3,(H,28,32)(H,33,34,35);/q;+1/p-1. The molecular formula is C25H18Cl2N3NaO6S. The Morgan fingerprint density at radius 1 is 1.00 bits per heavy atom. The predicted molar refractivity (Wildman–Crippen MR) is 140 cm³/mol. The molecule has 9 nitrogen and oxygen atoms in total. The van der Waals surface area contributed by atoms with Crippen LogP contribution in [0.15, 0.2) is 75.8 Å². The first-order valence-corrected chi connectivity index (χ1v) is 12.8. The topological polar surface area (TPSA) is 140 Å². The van der Waals surface area contributed by atoms with Crippen LogP contribution in [-0.4, -0.2) is 26.0 Å². The summed E-state index contributed by atoms with van der Waals surface area (Å²) in [6, 6.07) is 15.6. The Bertz CT molecular complexity index is 1700. The number of rotatable bonds is 6. The number of carbonyl (C=O) groups excluding carboxylic acids is 1. The number of ether oxygens (including phenoxy) is 1. The Labute approximate surface area is 250 Å². The number of benzene rings is 4. The van der Waals surface area contributed by atoms with Gasteiger partial charge in [-0.15, -0.1) is 5.11 Å². The molecule has 0 fully saturated rings. The molecule has 190 valence electrons. The second-order valence-corrected chi connectivity index (χ2v) is 9.99. The molecule has 0 saturated carbocycles.